The Bertz CT molecular complexity index is 607. The Balaban J connectivity index is 2.19. The first-order valence-corrected chi connectivity index (χ1v) is 8.07. The number of hydrogen-bond donors (Lipinski definition) is 1. The summed E-state index contributed by atoms with van der Waals surface area (Å²) in [4.78, 5) is 0. The molecule has 1 unspecified atom stereocenters. The number of likely N-dealkylation sites (N-methyl/N-ethyl adjacent to an activating group) is 1. The molecule has 0 fully saturated rings. The zero-order valence-electron chi connectivity index (χ0n) is 11.5. The Morgan fingerprint density at radius 1 is 0.857 bits per heavy atom. The number of rotatable bonds is 5. The normalized spacial score (nSPS) is 12.4. The van der Waals surface area contributed by atoms with Gasteiger partial charge in [0, 0.05) is 16.1 Å². The predicted octanol–water partition coefficient (Wildman–Crippen LogP) is 5.67. The Kier molecular flexibility index (Phi) is 6.21. The quantitative estimate of drug-likeness (QED) is 0.722. The van der Waals surface area contributed by atoms with Gasteiger partial charge in [0.25, 0.3) is 0 Å². The molecule has 0 saturated carbocycles. The third-order valence-corrected chi connectivity index (χ3v) is 4.98. The van der Waals surface area contributed by atoms with E-state index >= 15 is 0 Å². The van der Waals surface area contributed by atoms with E-state index in [1.165, 1.54) is 0 Å². The molecule has 21 heavy (non-hydrogen) atoms. The molecule has 0 radical (unpaired) electrons. The van der Waals surface area contributed by atoms with E-state index in [1.54, 1.807) is 6.07 Å². The van der Waals surface area contributed by atoms with Gasteiger partial charge >= 0.3 is 0 Å². The zero-order chi connectivity index (χ0) is 15.4. The summed E-state index contributed by atoms with van der Waals surface area (Å²) in [7, 11) is 1.91. The highest BCUT2D eigenvalue weighted by Gasteiger charge is 2.15. The molecule has 0 saturated heterocycles. The van der Waals surface area contributed by atoms with Crippen molar-refractivity contribution in [3.63, 3.8) is 0 Å². The SMILES string of the molecule is CNC(Cc1cccc(Cl)c1Cl)Cc1c(Cl)cccc1Cl. The van der Waals surface area contributed by atoms with Gasteiger partial charge in [-0.15, -0.1) is 0 Å². The summed E-state index contributed by atoms with van der Waals surface area (Å²) in [6, 6.07) is 11.4. The van der Waals surface area contributed by atoms with Gasteiger partial charge < -0.3 is 5.32 Å². The lowest BCUT2D eigenvalue weighted by Gasteiger charge is -2.19. The Morgan fingerprint density at radius 3 is 2.05 bits per heavy atom. The Labute approximate surface area is 145 Å². The summed E-state index contributed by atoms with van der Waals surface area (Å²) in [5.74, 6) is 0. The van der Waals surface area contributed by atoms with Crippen LogP contribution in [0.2, 0.25) is 20.1 Å². The predicted molar refractivity (Wildman–Crippen MR) is 93.2 cm³/mol. The third-order valence-electron chi connectivity index (χ3n) is 3.42. The molecule has 0 aromatic heterocycles. The number of benzene rings is 2. The maximum Gasteiger partial charge on any atom is 0.0624 e. The van der Waals surface area contributed by atoms with Gasteiger partial charge in [0.2, 0.25) is 0 Å². The van der Waals surface area contributed by atoms with E-state index in [2.05, 4.69) is 5.32 Å². The molecule has 112 valence electrons. The van der Waals surface area contributed by atoms with Crippen LogP contribution < -0.4 is 5.32 Å². The molecular weight excluding hydrogens is 348 g/mol. The monoisotopic (exact) mass is 361 g/mol. The minimum Gasteiger partial charge on any atom is -0.316 e. The molecule has 2 aromatic carbocycles. The van der Waals surface area contributed by atoms with Crippen LogP contribution in [0.15, 0.2) is 36.4 Å². The Hall–Kier alpha value is -0.440. The van der Waals surface area contributed by atoms with E-state index < -0.39 is 0 Å². The molecule has 1 N–H and O–H groups in total. The van der Waals surface area contributed by atoms with Crippen LogP contribution in [0.4, 0.5) is 0 Å². The van der Waals surface area contributed by atoms with Crippen LogP contribution in [-0.4, -0.2) is 13.1 Å². The van der Waals surface area contributed by atoms with Gasteiger partial charge in [0.1, 0.15) is 0 Å². The third kappa shape index (κ3) is 4.28. The standard InChI is InChI=1S/C16H15Cl4N/c1-21-11(8-10-4-2-7-15(19)16(10)20)9-12-13(17)5-3-6-14(12)18/h2-7,11,21H,8-9H2,1H3. The van der Waals surface area contributed by atoms with Crippen LogP contribution in [0, 0.1) is 0 Å². The molecule has 2 aromatic rings. The van der Waals surface area contributed by atoms with Crippen LogP contribution >= 0.6 is 46.4 Å². The van der Waals surface area contributed by atoms with Crippen molar-refractivity contribution in [1.29, 1.82) is 0 Å². The molecule has 0 aliphatic carbocycles. The van der Waals surface area contributed by atoms with E-state index in [1.807, 2.05) is 37.4 Å². The van der Waals surface area contributed by atoms with Crippen molar-refractivity contribution in [2.45, 2.75) is 18.9 Å². The number of hydrogen-bond acceptors (Lipinski definition) is 1. The van der Waals surface area contributed by atoms with Crippen molar-refractivity contribution in [2.75, 3.05) is 7.05 Å². The second-order valence-corrected chi connectivity index (χ2v) is 6.41. The minimum absolute atomic E-state index is 0.165. The molecule has 0 bridgehead atoms. The molecule has 1 nitrogen and oxygen atoms in total. The molecular formula is C16H15Cl4N. The smallest absolute Gasteiger partial charge is 0.0624 e. The molecule has 1 atom stereocenters. The maximum atomic E-state index is 6.25. The topological polar surface area (TPSA) is 12.0 Å². The fourth-order valence-electron chi connectivity index (χ4n) is 2.22. The van der Waals surface area contributed by atoms with Crippen LogP contribution in [0.5, 0.6) is 0 Å². The first-order valence-electron chi connectivity index (χ1n) is 6.56. The molecule has 0 heterocycles. The highest BCUT2D eigenvalue weighted by molar-refractivity contribution is 6.42. The van der Waals surface area contributed by atoms with Gasteiger partial charge in [-0.05, 0) is 49.2 Å². The van der Waals surface area contributed by atoms with Gasteiger partial charge in [0.15, 0.2) is 0 Å². The second-order valence-electron chi connectivity index (χ2n) is 4.81. The summed E-state index contributed by atoms with van der Waals surface area (Å²) < 4.78 is 0. The molecule has 0 amide bonds. The lowest BCUT2D eigenvalue weighted by molar-refractivity contribution is 0.556. The van der Waals surface area contributed by atoms with Gasteiger partial charge in [-0.3, -0.25) is 0 Å². The average molecular weight is 363 g/mol. The van der Waals surface area contributed by atoms with Crippen LogP contribution in [0.3, 0.4) is 0 Å². The van der Waals surface area contributed by atoms with Crippen molar-refractivity contribution < 1.29 is 0 Å². The summed E-state index contributed by atoms with van der Waals surface area (Å²) in [5.41, 5.74) is 1.95. The fourth-order valence-corrected chi connectivity index (χ4v) is 3.17. The van der Waals surface area contributed by atoms with E-state index in [-0.39, 0.29) is 6.04 Å². The fraction of sp³-hybridized carbons (Fsp3) is 0.250. The van der Waals surface area contributed by atoms with Crippen molar-refractivity contribution in [3.05, 3.63) is 67.6 Å². The molecule has 0 spiro atoms. The van der Waals surface area contributed by atoms with Gasteiger partial charge in [-0.25, -0.2) is 0 Å². The van der Waals surface area contributed by atoms with Crippen molar-refractivity contribution in [3.8, 4) is 0 Å². The van der Waals surface area contributed by atoms with Gasteiger partial charge in [-0.1, -0.05) is 64.6 Å². The maximum absolute atomic E-state index is 6.25. The average Bonchev–Trinajstić information content (AvgIpc) is 2.46. The summed E-state index contributed by atoms with van der Waals surface area (Å²) >= 11 is 24.8. The lowest BCUT2D eigenvalue weighted by Crippen LogP contribution is -2.30. The largest absolute Gasteiger partial charge is 0.316 e. The van der Waals surface area contributed by atoms with Crippen molar-refractivity contribution in [2.24, 2.45) is 0 Å². The van der Waals surface area contributed by atoms with Crippen molar-refractivity contribution >= 4 is 46.4 Å². The summed E-state index contributed by atoms with van der Waals surface area (Å²) in [6.07, 6.45) is 1.47. The van der Waals surface area contributed by atoms with E-state index in [0.29, 0.717) is 20.1 Å². The molecule has 0 aliphatic rings. The molecule has 0 aliphatic heterocycles. The first-order chi connectivity index (χ1) is 10.0. The molecule has 5 heteroatoms. The number of halogens is 4. The van der Waals surface area contributed by atoms with Crippen LogP contribution in [-0.2, 0) is 12.8 Å². The van der Waals surface area contributed by atoms with Gasteiger partial charge in [0.05, 0.1) is 10.0 Å². The highest BCUT2D eigenvalue weighted by atomic mass is 35.5. The summed E-state index contributed by atoms with van der Waals surface area (Å²) in [6.45, 7) is 0. The second kappa shape index (κ2) is 7.71. The minimum atomic E-state index is 0.165. The summed E-state index contributed by atoms with van der Waals surface area (Å²) in [5, 5.41) is 5.81. The first kappa shape index (κ1) is 16.9. The molecule has 2 rings (SSSR count). The number of nitrogens with one attached hydrogen (secondary N) is 1. The van der Waals surface area contributed by atoms with Gasteiger partial charge in [-0.2, -0.15) is 0 Å². The van der Waals surface area contributed by atoms with E-state index in [4.69, 9.17) is 46.4 Å². The Morgan fingerprint density at radius 2 is 1.43 bits per heavy atom. The van der Waals surface area contributed by atoms with Crippen LogP contribution in [0.25, 0.3) is 0 Å². The van der Waals surface area contributed by atoms with Crippen LogP contribution in [0.1, 0.15) is 11.1 Å². The van der Waals surface area contributed by atoms with E-state index in [0.717, 1.165) is 24.0 Å². The van der Waals surface area contributed by atoms with E-state index in [9.17, 15) is 0 Å². The highest BCUT2D eigenvalue weighted by Crippen LogP contribution is 2.29. The lowest BCUT2D eigenvalue weighted by atomic mass is 9.99. The van der Waals surface area contributed by atoms with Crippen molar-refractivity contribution in [1.82, 2.24) is 5.32 Å². The zero-order valence-corrected chi connectivity index (χ0v) is 14.5.